The Hall–Kier alpha value is -2.54. The summed E-state index contributed by atoms with van der Waals surface area (Å²) in [7, 11) is 0.773. The van der Waals surface area contributed by atoms with Crippen LogP contribution in [0.5, 0.6) is 0 Å². The molecule has 0 spiro atoms. The molecule has 3 rings (SSSR count). The number of aromatic nitrogens is 3. The molecule has 2 heterocycles. The quantitative estimate of drug-likeness (QED) is 0.794. The van der Waals surface area contributed by atoms with Crippen molar-refractivity contribution in [2.45, 2.75) is 18.7 Å². The number of benzene rings is 1. The van der Waals surface area contributed by atoms with Gasteiger partial charge in [-0.2, -0.15) is 5.10 Å². The van der Waals surface area contributed by atoms with Crippen LogP contribution in [0.3, 0.4) is 0 Å². The van der Waals surface area contributed by atoms with E-state index in [9.17, 15) is 9.00 Å². The Morgan fingerprint density at radius 2 is 1.88 bits per heavy atom. The number of nitrogens with one attached hydrogen (secondary N) is 1. The number of carbonyl (C=O) groups is 1. The van der Waals surface area contributed by atoms with Gasteiger partial charge in [-0.05, 0) is 44.2 Å². The molecule has 0 saturated carbocycles. The van der Waals surface area contributed by atoms with Crippen LogP contribution in [0.2, 0.25) is 0 Å². The summed E-state index contributed by atoms with van der Waals surface area (Å²) in [6.07, 6.45) is 1.62. The van der Waals surface area contributed by atoms with Crippen LogP contribution in [0, 0.1) is 13.8 Å². The van der Waals surface area contributed by atoms with E-state index < -0.39 is 10.8 Å². The number of pyridine rings is 1. The molecule has 1 aromatic carbocycles. The van der Waals surface area contributed by atoms with E-state index >= 15 is 0 Å². The highest BCUT2D eigenvalue weighted by molar-refractivity contribution is 7.84. The van der Waals surface area contributed by atoms with E-state index in [4.69, 9.17) is 0 Å². The van der Waals surface area contributed by atoms with Gasteiger partial charge in [-0.3, -0.25) is 13.7 Å². The van der Waals surface area contributed by atoms with Crippen LogP contribution in [0.25, 0.3) is 11.0 Å². The van der Waals surface area contributed by atoms with Crippen molar-refractivity contribution in [3.8, 4) is 0 Å². The zero-order chi connectivity index (χ0) is 17.4. The predicted molar refractivity (Wildman–Crippen MR) is 94.7 cm³/mol. The Balaban J connectivity index is 1.98. The third-order valence-electron chi connectivity index (χ3n) is 3.79. The van der Waals surface area contributed by atoms with Crippen LogP contribution in [-0.4, -0.2) is 31.1 Å². The van der Waals surface area contributed by atoms with Gasteiger partial charge in [0.15, 0.2) is 5.65 Å². The van der Waals surface area contributed by atoms with Crippen molar-refractivity contribution in [3.05, 3.63) is 47.3 Å². The molecule has 0 aliphatic carbocycles. The predicted octanol–water partition coefficient (Wildman–Crippen LogP) is 2.57. The van der Waals surface area contributed by atoms with Crippen molar-refractivity contribution < 1.29 is 9.00 Å². The normalized spacial score (nSPS) is 12.3. The van der Waals surface area contributed by atoms with E-state index in [-0.39, 0.29) is 5.91 Å². The van der Waals surface area contributed by atoms with Gasteiger partial charge in [-0.25, -0.2) is 4.98 Å². The maximum atomic E-state index is 12.7. The first-order valence-corrected chi connectivity index (χ1v) is 8.98. The zero-order valence-electron chi connectivity index (χ0n) is 14.0. The van der Waals surface area contributed by atoms with Crippen molar-refractivity contribution in [1.29, 1.82) is 0 Å². The number of amides is 1. The summed E-state index contributed by atoms with van der Waals surface area (Å²) in [5.41, 5.74) is 3.41. The first-order valence-electron chi connectivity index (χ1n) is 7.42. The van der Waals surface area contributed by atoms with Crippen LogP contribution < -0.4 is 5.32 Å². The van der Waals surface area contributed by atoms with E-state index in [1.54, 1.807) is 41.3 Å². The number of fused-ring (bicyclic) bond motifs is 1. The Kier molecular flexibility index (Phi) is 4.19. The SMILES string of the molecule is Cc1cc(C(=O)Nc2ccc([S@@](C)=O)cc2)c2c(C)nn(C)c2n1. The summed E-state index contributed by atoms with van der Waals surface area (Å²) in [6.45, 7) is 3.71. The van der Waals surface area contributed by atoms with Gasteiger partial charge in [0.2, 0.25) is 0 Å². The third-order valence-corrected chi connectivity index (χ3v) is 4.72. The highest BCUT2D eigenvalue weighted by atomic mass is 32.2. The summed E-state index contributed by atoms with van der Waals surface area (Å²) in [5, 5.41) is 7.99. The standard InChI is InChI=1S/C17H18N4O2S/c1-10-9-14(15-11(2)20-21(3)16(15)18-10)17(22)19-12-5-7-13(8-6-12)24(4)23/h5-9H,1-4H3,(H,19,22)/t24-/m1/s1. The van der Waals surface area contributed by atoms with E-state index in [1.807, 2.05) is 20.9 Å². The maximum Gasteiger partial charge on any atom is 0.256 e. The number of rotatable bonds is 3. The van der Waals surface area contributed by atoms with Gasteiger partial charge in [-0.15, -0.1) is 0 Å². The van der Waals surface area contributed by atoms with E-state index in [2.05, 4.69) is 15.4 Å². The molecule has 0 unspecified atom stereocenters. The summed E-state index contributed by atoms with van der Waals surface area (Å²) in [4.78, 5) is 17.9. The molecule has 0 aliphatic heterocycles. The number of anilines is 1. The molecule has 0 fully saturated rings. The van der Waals surface area contributed by atoms with Gasteiger partial charge in [0.1, 0.15) is 0 Å². The molecule has 3 aromatic rings. The summed E-state index contributed by atoms with van der Waals surface area (Å²) in [5.74, 6) is -0.216. The highest BCUT2D eigenvalue weighted by Gasteiger charge is 2.17. The van der Waals surface area contributed by atoms with Crippen molar-refractivity contribution >= 4 is 33.4 Å². The Bertz CT molecular complexity index is 961. The van der Waals surface area contributed by atoms with Crippen LogP contribution in [0.15, 0.2) is 35.2 Å². The second kappa shape index (κ2) is 6.16. The lowest BCUT2D eigenvalue weighted by atomic mass is 10.1. The molecule has 1 atom stereocenters. The van der Waals surface area contributed by atoms with Crippen molar-refractivity contribution in [1.82, 2.24) is 14.8 Å². The van der Waals surface area contributed by atoms with Gasteiger partial charge < -0.3 is 5.32 Å². The first-order chi connectivity index (χ1) is 11.4. The molecule has 2 aromatic heterocycles. The fraction of sp³-hybridized carbons (Fsp3) is 0.235. The summed E-state index contributed by atoms with van der Waals surface area (Å²) >= 11 is 0. The van der Waals surface area contributed by atoms with E-state index in [1.165, 1.54) is 0 Å². The van der Waals surface area contributed by atoms with Crippen LogP contribution in [0.4, 0.5) is 5.69 Å². The minimum atomic E-state index is -1.04. The molecule has 0 bridgehead atoms. The molecule has 124 valence electrons. The smallest absolute Gasteiger partial charge is 0.256 e. The lowest BCUT2D eigenvalue weighted by Gasteiger charge is -2.08. The molecule has 24 heavy (non-hydrogen) atoms. The molecular weight excluding hydrogens is 324 g/mol. The van der Waals surface area contributed by atoms with E-state index in [0.717, 1.165) is 21.7 Å². The molecule has 0 saturated heterocycles. The average molecular weight is 342 g/mol. The molecule has 0 radical (unpaired) electrons. The van der Waals surface area contributed by atoms with E-state index in [0.29, 0.717) is 16.9 Å². The van der Waals surface area contributed by atoms with Crippen LogP contribution in [0.1, 0.15) is 21.7 Å². The Morgan fingerprint density at radius 3 is 2.50 bits per heavy atom. The topological polar surface area (TPSA) is 76.9 Å². The molecule has 7 heteroatoms. The number of aryl methyl sites for hydroxylation is 3. The van der Waals surface area contributed by atoms with Gasteiger partial charge in [0, 0.05) is 40.4 Å². The Morgan fingerprint density at radius 1 is 1.21 bits per heavy atom. The molecule has 6 nitrogen and oxygen atoms in total. The van der Waals surface area contributed by atoms with Crippen molar-refractivity contribution in [2.75, 3.05) is 11.6 Å². The zero-order valence-corrected chi connectivity index (χ0v) is 14.8. The lowest BCUT2D eigenvalue weighted by Crippen LogP contribution is -2.13. The first kappa shape index (κ1) is 16.3. The summed E-state index contributed by atoms with van der Waals surface area (Å²) < 4.78 is 13.1. The molecular formula is C17H18N4O2S. The largest absolute Gasteiger partial charge is 0.322 e. The highest BCUT2D eigenvalue weighted by Crippen LogP contribution is 2.23. The van der Waals surface area contributed by atoms with Crippen molar-refractivity contribution in [2.24, 2.45) is 7.05 Å². The second-order valence-corrected chi connectivity index (χ2v) is 7.03. The summed E-state index contributed by atoms with van der Waals surface area (Å²) in [6, 6.07) is 8.75. The fourth-order valence-electron chi connectivity index (χ4n) is 2.68. The minimum Gasteiger partial charge on any atom is -0.322 e. The maximum absolute atomic E-state index is 12.7. The van der Waals surface area contributed by atoms with Crippen LogP contribution >= 0.6 is 0 Å². The molecule has 1 amide bonds. The van der Waals surface area contributed by atoms with Crippen LogP contribution in [-0.2, 0) is 17.8 Å². The number of hydrogen-bond donors (Lipinski definition) is 1. The molecule has 0 aliphatic rings. The number of nitrogens with zero attached hydrogens (tertiary/aromatic N) is 3. The second-order valence-electron chi connectivity index (χ2n) is 5.65. The van der Waals surface area contributed by atoms with Gasteiger partial charge in [0.05, 0.1) is 16.6 Å². The van der Waals surface area contributed by atoms with Gasteiger partial charge in [-0.1, -0.05) is 0 Å². The third kappa shape index (κ3) is 2.94. The minimum absolute atomic E-state index is 0.216. The number of hydrogen-bond acceptors (Lipinski definition) is 4. The lowest BCUT2D eigenvalue weighted by molar-refractivity contribution is 0.102. The van der Waals surface area contributed by atoms with Gasteiger partial charge in [0.25, 0.3) is 5.91 Å². The Labute approximate surface area is 142 Å². The van der Waals surface area contributed by atoms with Gasteiger partial charge >= 0.3 is 0 Å². The van der Waals surface area contributed by atoms with Crippen molar-refractivity contribution in [3.63, 3.8) is 0 Å². The average Bonchev–Trinajstić information content (AvgIpc) is 2.81. The monoisotopic (exact) mass is 342 g/mol. The number of carbonyl (C=O) groups excluding carboxylic acids is 1. The molecule has 1 N–H and O–H groups in total. The fourth-order valence-corrected chi connectivity index (χ4v) is 3.20.